The van der Waals surface area contributed by atoms with Crippen LogP contribution in [0, 0.1) is 57.2 Å². The fourth-order valence-electron chi connectivity index (χ4n) is 13.4. The van der Waals surface area contributed by atoms with Crippen molar-refractivity contribution in [2.45, 2.75) is 197 Å². The summed E-state index contributed by atoms with van der Waals surface area (Å²) in [6.07, 6.45) is 9.36. The van der Waals surface area contributed by atoms with E-state index < -0.39 is 42.1 Å². The van der Waals surface area contributed by atoms with Crippen LogP contribution in [0.25, 0.3) is 0 Å². The Balaban J connectivity index is 1.57. The van der Waals surface area contributed by atoms with Crippen molar-refractivity contribution in [2.75, 3.05) is 0 Å². The first kappa shape index (κ1) is 42.2. The Kier molecular flexibility index (Phi) is 12.1. The number of carbonyl (C=O) groups is 3. The van der Waals surface area contributed by atoms with E-state index >= 15 is 0 Å². The minimum atomic E-state index is -0.853. The van der Waals surface area contributed by atoms with Crippen LogP contribution in [0.2, 0.25) is 0 Å². The highest BCUT2D eigenvalue weighted by Crippen LogP contribution is 2.76. The number of ether oxygens (including phenoxy) is 5. The van der Waals surface area contributed by atoms with Gasteiger partial charge in [-0.2, -0.15) is 0 Å². The number of carbonyl (C=O) groups excluding carboxylic acids is 3. The zero-order chi connectivity index (χ0) is 39.5. The molecule has 8 nitrogen and oxygen atoms in total. The number of rotatable bonds is 10. The molecular weight excluding hydrogens is 668 g/mol. The maximum atomic E-state index is 13.1. The van der Waals surface area contributed by atoms with Crippen molar-refractivity contribution in [1.82, 2.24) is 0 Å². The third-order valence-corrected chi connectivity index (χ3v) is 16.6. The Morgan fingerprint density at radius 2 is 1.40 bits per heavy atom. The smallest absolute Gasteiger partial charge is 0.303 e. The SMILES string of the molecule is CC[C@H]1O[C@H](O[C@@](C)(CCC=C(C)C)C2CC[C@]3(C)[C@@H]2C(OC(C)=O)CC2[C@@]4(C)CC[C@H](C)C(C)(C)C4CC[C@]23C)[C@H](OC(C)=O)[C@@H](C)[C@@H]1OC(C)=O. The molecule has 4 saturated carbocycles. The maximum absolute atomic E-state index is 13.1. The monoisotopic (exact) mass is 743 g/mol. The van der Waals surface area contributed by atoms with E-state index in [1.54, 1.807) is 6.92 Å². The van der Waals surface area contributed by atoms with Gasteiger partial charge in [-0.3, -0.25) is 14.4 Å². The Bertz CT molecular complexity index is 1400. The fourth-order valence-corrected chi connectivity index (χ4v) is 13.4. The third-order valence-electron chi connectivity index (χ3n) is 16.6. The lowest BCUT2D eigenvalue weighted by Crippen LogP contribution is -2.66. The van der Waals surface area contributed by atoms with E-state index in [4.69, 9.17) is 23.7 Å². The van der Waals surface area contributed by atoms with E-state index in [-0.39, 0.29) is 51.5 Å². The molecule has 5 aliphatic rings. The van der Waals surface area contributed by atoms with Gasteiger partial charge in [-0.05, 0) is 130 Å². The molecule has 0 N–H and O–H groups in total. The summed E-state index contributed by atoms with van der Waals surface area (Å²) in [6, 6.07) is 0. The minimum Gasteiger partial charge on any atom is -0.462 e. The highest BCUT2D eigenvalue weighted by molar-refractivity contribution is 5.67. The zero-order valence-corrected chi connectivity index (χ0v) is 35.8. The molecule has 0 radical (unpaired) electrons. The summed E-state index contributed by atoms with van der Waals surface area (Å²) in [5.74, 6) is 0.545. The van der Waals surface area contributed by atoms with E-state index in [0.717, 1.165) is 32.1 Å². The number of hydrogen-bond donors (Lipinski definition) is 0. The molecule has 4 unspecified atom stereocenters. The lowest BCUT2D eigenvalue weighted by molar-refractivity contribution is -0.327. The molecule has 15 atom stereocenters. The molecule has 0 bridgehead atoms. The van der Waals surface area contributed by atoms with Gasteiger partial charge in [0.2, 0.25) is 0 Å². The molecule has 5 fully saturated rings. The second-order valence-corrected chi connectivity index (χ2v) is 20.0. The van der Waals surface area contributed by atoms with Gasteiger partial charge >= 0.3 is 17.9 Å². The van der Waals surface area contributed by atoms with Gasteiger partial charge in [0, 0.05) is 32.6 Å². The summed E-state index contributed by atoms with van der Waals surface area (Å²) in [5.41, 5.74) is 0.985. The van der Waals surface area contributed by atoms with Crippen LogP contribution in [-0.2, 0) is 38.1 Å². The predicted octanol–water partition coefficient (Wildman–Crippen LogP) is 10.0. The molecule has 0 aromatic heterocycles. The van der Waals surface area contributed by atoms with Crippen molar-refractivity contribution in [3.63, 3.8) is 0 Å². The van der Waals surface area contributed by atoms with E-state index in [2.05, 4.69) is 68.4 Å². The van der Waals surface area contributed by atoms with Gasteiger partial charge < -0.3 is 23.7 Å². The molecule has 0 aromatic rings. The highest BCUT2D eigenvalue weighted by Gasteiger charge is 2.72. The summed E-state index contributed by atoms with van der Waals surface area (Å²) in [5, 5.41) is 0. The average Bonchev–Trinajstić information content (AvgIpc) is 3.43. The normalized spacial score (nSPS) is 44.3. The summed E-state index contributed by atoms with van der Waals surface area (Å²) >= 11 is 0. The molecule has 4 aliphatic carbocycles. The van der Waals surface area contributed by atoms with Crippen molar-refractivity contribution in [3.8, 4) is 0 Å². The first-order chi connectivity index (χ1) is 24.6. The molecule has 53 heavy (non-hydrogen) atoms. The molecule has 0 amide bonds. The summed E-state index contributed by atoms with van der Waals surface area (Å²) in [4.78, 5) is 37.8. The number of fused-ring (bicyclic) bond motifs is 5. The van der Waals surface area contributed by atoms with E-state index in [0.29, 0.717) is 24.2 Å². The van der Waals surface area contributed by atoms with Crippen LogP contribution >= 0.6 is 0 Å². The van der Waals surface area contributed by atoms with Gasteiger partial charge in [-0.1, -0.05) is 67.0 Å². The standard InChI is InChI=1S/C45H74O8/c1-15-33-38(50-30(7)47)28(5)39(51-31(8)48)40(52-33)53-45(14,21-16-17-26(2)3)32-19-23-44(13)37(32)34(49-29(6)46)25-36-42(11)22-18-27(4)41(9,10)35(42)20-24-43(36,44)12/h17,27-28,32-40H,15-16,18-25H2,1-14H3/t27-,28-,32?,33+,34?,35?,36?,37-,38-,39+,40+,42-,43+,44+,45-/m0/s1. The Morgan fingerprint density at radius 3 is 1.98 bits per heavy atom. The van der Waals surface area contributed by atoms with Crippen molar-refractivity contribution >= 4 is 17.9 Å². The van der Waals surface area contributed by atoms with Crippen LogP contribution < -0.4 is 0 Å². The average molecular weight is 743 g/mol. The van der Waals surface area contributed by atoms with Crippen LogP contribution in [0.15, 0.2) is 11.6 Å². The maximum Gasteiger partial charge on any atom is 0.303 e. The molecule has 0 aromatic carbocycles. The largest absolute Gasteiger partial charge is 0.462 e. The summed E-state index contributed by atoms with van der Waals surface area (Å²) in [6.45, 7) is 30.0. The van der Waals surface area contributed by atoms with Crippen LogP contribution in [-0.4, -0.2) is 54.2 Å². The summed E-state index contributed by atoms with van der Waals surface area (Å²) < 4.78 is 32.4. The van der Waals surface area contributed by atoms with Crippen molar-refractivity contribution in [2.24, 2.45) is 57.2 Å². The van der Waals surface area contributed by atoms with Crippen LogP contribution in [0.3, 0.4) is 0 Å². The second-order valence-electron chi connectivity index (χ2n) is 20.0. The third kappa shape index (κ3) is 7.40. The van der Waals surface area contributed by atoms with Crippen LogP contribution in [0.1, 0.15) is 161 Å². The van der Waals surface area contributed by atoms with E-state index in [1.165, 1.54) is 45.1 Å². The molecule has 1 aliphatic heterocycles. The van der Waals surface area contributed by atoms with Crippen molar-refractivity contribution < 1.29 is 38.1 Å². The molecule has 1 heterocycles. The van der Waals surface area contributed by atoms with Gasteiger partial charge in [0.25, 0.3) is 0 Å². The molecule has 5 rings (SSSR count). The van der Waals surface area contributed by atoms with Crippen LogP contribution in [0.5, 0.6) is 0 Å². The Labute approximate surface area is 321 Å². The number of esters is 3. The molecular formula is C45H74O8. The second kappa shape index (κ2) is 15.2. The number of allylic oxidation sites excluding steroid dienone is 2. The lowest BCUT2D eigenvalue weighted by atomic mass is 9.34. The van der Waals surface area contributed by atoms with E-state index in [9.17, 15) is 14.4 Å². The predicted molar refractivity (Wildman–Crippen MR) is 206 cm³/mol. The minimum absolute atomic E-state index is 0.0664. The van der Waals surface area contributed by atoms with E-state index in [1.807, 2.05) is 13.8 Å². The first-order valence-electron chi connectivity index (χ1n) is 21.0. The highest BCUT2D eigenvalue weighted by atomic mass is 16.7. The molecule has 1 saturated heterocycles. The Morgan fingerprint density at radius 1 is 0.792 bits per heavy atom. The van der Waals surface area contributed by atoms with Crippen LogP contribution in [0.4, 0.5) is 0 Å². The first-order valence-corrected chi connectivity index (χ1v) is 21.0. The molecule has 302 valence electrons. The summed E-state index contributed by atoms with van der Waals surface area (Å²) in [7, 11) is 0. The number of hydrogen-bond acceptors (Lipinski definition) is 8. The van der Waals surface area contributed by atoms with Gasteiger partial charge in [-0.15, -0.1) is 0 Å². The van der Waals surface area contributed by atoms with Crippen molar-refractivity contribution in [3.05, 3.63) is 11.6 Å². The van der Waals surface area contributed by atoms with Gasteiger partial charge in [0.15, 0.2) is 12.4 Å². The van der Waals surface area contributed by atoms with Crippen molar-refractivity contribution in [1.29, 1.82) is 0 Å². The quantitative estimate of drug-likeness (QED) is 0.124. The fraction of sp³-hybridized carbons (Fsp3) is 0.889. The zero-order valence-electron chi connectivity index (χ0n) is 35.8. The lowest BCUT2D eigenvalue weighted by Gasteiger charge is -2.71. The van der Waals surface area contributed by atoms with Gasteiger partial charge in [0.1, 0.15) is 12.2 Å². The molecule has 0 spiro atoms. The van der Waals surface area contributed by atoms with Gasteiger partial charge in [-0.25, -0.2) is 0 Å². The molecule has 8 heteroatoms. The van der Waals surface area contributed by atoms with Gasteiger partial charge in [0.05, 0.1) is 11.7 Å². The topological polar surface area (TPSA) is 97.4 Å². The Hall–Kier alpha value is -1.93.